The van der Waals surface area contributed by atoms with E-state index in [1.807, 2.05) is 0 Å². The maximum Gasteiger partial charge on any atom is 0.324 e. The van der Waals surface area contributed by atoms with Crippen LogP contribution in [-0.4, -0.2) is 91.6 Å². The molecule has 42 heavy (non-hydrogen) atoms. The molecule has 0 saturated carbocycles. The monoisotopic (exact) mass is 588 g/mol. The van der Waals surface area contributed by atoms with Crippen molar-refractivity contribution in [3.8, 4) is 24.0 Å². The van der Waals surface area contributed by atoms with Crippen molar-refractivity contribution in [3.05, 3.63) is 0 Å². The molecule has 14 heteroatoms. The molecule has 2 fully saturated rings. The molecule has 0 unspecified atom stereocenters. The van der Waals surface area contributed by atoms with E-state index in [2.05, 4.69) is 107 Å². The van der Waals surface area contributed by atoms with Gasteiger partial charge in [0.05, 0.1) is 14.2 Å². The zero-order valence-electron chi connectivity index (χ0n) is 26.7. The fraction of sp³-hybridized carbons (Fsp3) is 0.786. The van der Waals surface area contributed by atoms with Crippen LogP contribution in [0.5, 0.6) is 24.0 Å². The van der Waals surface area contributed by atoms with Crippen molar-refractivity contribution in [2.24, 2.45) is 0 Å². The molecule has 4 rings (SSSR count). The van der Waals surface area contributed by atoms with Crippen LogP contribution in [0.1, 0.15) is 81.1 Å². The van der Waals surface area contributed by atoms with E-state index in [0.717, 1.165) is 25.7 Å². The van der Waals surface area contributed by atoms with Crippen LogP contribution in [-0.2, 0) is 0 Å². The van der Waals surface area contributed by atoms with Gasteiger partial charge in [-0.25, -0.2) is 0 Å². The first kappa shape index (κ1) is 31.7. The molecule has 4 heterocycles. The van der Waals surface area contributed by atoms with Crippen LogP contribution < -0.4 is 40.2 Å². The second-order valence-corrected chi connectivity index (χ2v) is 13.8. The molecule has 0 bridgehead atoms. The maximum atomic E-state index is 5.79. The number of ether oxygens (including phenoxy) is 4. The van der Waals surface area contributed by atoms with E-state index in [9.17, 15) is 0 Å². The van der Waals surface area contributed by atoms with Gasteiger partial charge in [-0.15, -0.1) is 9.97 Å². The summed E-state index contributed by atoms with van der Waals surface area (Å²) in [5.41, 5.74) is -0.107. The summed E-state index contributed by atoms with van der Waals surface area (Å²) in [6, 6.07) is 0.932. The molecule has 0 amide bonds. The first-order valence-electron chi connectivity index (χ1n) is 14.5. The summed E-state index contributed by atoms with van der Waals surface area (Å²) < 4.78 is 22.2. The number of hydrogen-bond acceptors (Lipinski definition) is 14. The number of aromatic nitrogens is 6. The van der Waals surface area contributed by atoms with Crippen LogP contribution in [0.3, 0.4) is 0 Å². The largest absolute Gasteiger partial charge is 0.467 e. The molecule has 0 radical (unpaired) electrons. The zero-order chi connectivity index (χ0) is 30.8. The number of hydrogen-bond donors (Lipinski definition) is 4. The third kappa shape index (κ3) is 9.12. The van der Waals surface area contributed by atoms with Gasteiger partial charge in [-0.05, 0) is 81.1 Å². The molecule has 2 aliphatic heterocycles. The van der Waals surface area contributed by atoms with Gasteiger partial charge in [0.15, 0.2) is 0 Å². The van der Waals surface area contributed by atoms with Gasteiger partial charge in [0.25, 0.3) is 0 Å². The van der Waals surface area contributed by atoms with Crippen molar-refractivity contribution in [1.29, 1.82) is 0 Å². The average molecular weight is 589 g/mol. The van der Waals surface area contributed by atoms with Gasteiger partial charge in [-0.2, -0.15) is 19.9 Å². The lowest BCUT2D eigenvalue weighted by Crippen LogP contribution is -2.60. The summed E-state index contributed by atoms with van der Waals surface area (Å²) in [7, 11) is 3.02. The summed E-state index contributed by atoms with van der Waals surface area (Å²) in [5, 5.41) is 14.2. The zero-order valence-corrected chi connectivity index (χ0v) is 26.7. The summed E-state index contributed by atoms with van der Waals surface area (Å²) >= 11 is 0. The minimum atomic E-state index is -0.0267. The summed E-state index contributed by atoms with van der Waals surface area (Å²) in [6.07, 6.45) is 3.64. The molecule has 2 aromatic rings. The fourth-order valence-electron chi connectivity index (χ4n) is 6.60. The van der Waals surface area contributed by atoms with Crippen LogP contribution in [0.2, 0.25) is 0 Å². The summed E-state index contributed by atoms with van der Waals surface area (Å²) in [4.78, 5) is 26.1. The third-order valence-corrected chi connectivity index (χ3v) is 7.15. The van der Waals surface area contributed by atoms with Crippen molar-refractivity contribution in [2.45, 2.75) is 115 Å². The molecular formula is C28H48N10O4. The van der Waals surface area contributed by atoms with Crippen LogP contribution in [0.25, 0.3) is 0 Å². The molecule has 4 N–H and O–H groups in total. The number of piperidine rings is 2. The van der Waals surface area contributed by atoms with Crippen molar-refractivity contribution < 1.29 is 18.9 Å². The van der Waals surface area contributed by atoms with Gasteiger partial charge in [-0.3, -0.25) is 0 Å². The predicted molar refractivity (Wildman–Crippen MR) is 160 cm³/mol. The first-order chi connectivity index (χ1) is 19.5. The van der Waals surface area contributed by atoms with E-state index in [1.165, 1.54) is 14.2 Å². The molecule has 14 nitrogen and oxygen atoms in total. The van der Waals surface area contributed by atoms with E-state index < -0.39 is 0 Å². The predicted octanol–water partition coefficient (Wildman–Crippen LogP) is 2.97. The van der Waals surface area contributed by atoms with Crippen LogP contribution in [0.15, 0.2) is 0 Å². The number of nitrogens with one attached hydrogen (secondary N) is 4. The standard InChI is InChI=1S/C28H48N10O4/c1-25(2)13-17(14-26(3,4)37-25)29-19-31-21(39-9)35-23(33-19)41-11-12-42-24-34-20(32-22(36-24)40-10)30-18-15-27(5,6)38-28(7,8)16-18/h17-18,37-38H,11-16H2,1-10H3,(H,29,31,33,35)(H,30,32,34,36). The Kier molecular flexibility index (Phi) is 9.17. The molecule has 2 aliphatic rings. The van der Waals surface area contributed by atoms with Gasteiger partial charge in [0.1, 0.15) is 13.2 Å². The lowest BCUT2D eigenvalue weighted by atomic mass is 9.79. The number of rotatable bonds is 11. The quantitative estimate of drug-likeness (QED) is 0.283. The lowest BCUT2D eigenvalue weighted by molar-refractivity contribution is 0.169. The Morgan fingerprint density at radius 1 is 0.548 bits per heavy atom. The molecule has 2 saturated heterocycles. The van der Waals surface area contributed by atoms with Crippen LogP contribution >= 0.6 is 0 Å². The van der Waals surface area contributed by atoms with E-state index in [0.29, 0.717) is 11.9 Å². The highest BCUT2D eigenvalue weighted by Crippen LogP contribution is 2.31. The van der Waals surface area contributed by atoms with Gasteiger partial charge < -0.3 is 40.2 Å². The maximum absolute atomic E-state index is 5.79. The Hall–Kier alpha value is -3.26. The number of anilines is 2. The molecule has 2 aromatic heterocycles. The number of nitrogens with zero attached hydrogens (tertiary/aromatic N) is 6. The Bertz CT molecular complexity index is 1100. The molecule has 0 atom stereocenters. The highest BCUT2D eigenvalue weighted by atomic mass is 16.5. The average Bonchev–Trinajstić information content (AvgIpc) is 2.82. The molecule has 0 aliphatic carbocycles. The fourth-order valence-corrected chi connectivity index (χ4v) is 6.60. The van der Waals surface area contributed by atoms with Crippen LogP contribution in [0, 0.1) is 0 Å². The van der Waals surface area contributed by atoms with Gasteiger partial charge >= 0.3 is 24.0 Å². The first-order valence-corrected chi connectivity index (χ1v) is 14.5. The van der Waals surface area contributed by atoms with Gasteiger partial charge in [-0.1, -0.05) is 0 Å². The second-order valence-electron chi connectivity index (χ2n) is 13.8. The molecule has 0 spiro atoms. The third-order valence-electron chi connectivity index (χ3n) is 7.15. The highest BCUT2D eigenvalue weighted by Gasteiger charge is 2.39. The molecule has 0 aromatic carbocycles. The normalized spacial score (nSPS) is 21.3. The summed E-state index contributed by atoms with van der Waals surface area (Å²) in [5.74, 6) is 0.803. The Balaban J connectivity index is 1.36. The van der Waals surface area contributed by atoms with Crippen molar-refractivity contribution in [2.75, 3.05) is 38.1 Å². The van der Waals surface area contributed by atoms with Crippen molar-refractivity contribution >= 4 is 11.9 Å². The topological polar surface area (TPSA) is 162 Å². The Labute approximate surface area is 248 Å². The molecule has 234 valence electrons. The van der Waals surface area contributed by atoms with Crippen LogP contribution in [0.4, 0.5) is 11.9 Å². The Morgan fingerprint density at radius 3 is 1.17 bits per heavy atom. The minimum absolute atomic E-state index is 0.0267. The van der Waals surface area contributed by atoms with E-state index >= 15 is 0 Å². The van der Waals surface area contributed by atoms with E-state index in [-0.39, 0.29) is 71.5 Å². The van der Waals surface area contributed by atoms with Gasteiger partial charge in [0.2, 0.25) is 11.9 Å². The minimum Gasteiger partial charge on any atom is -0.467 e. The van der Waals surface area contributed by atoms with Gasteiger partial charge in [0, 0.05) is 34.2 Å². The number of methoxy groups -OCH3 is 2. The van der Waals surface area contributed by atoms with E-state index in [1.54, 1.807) is 0 Å². The summed E-state index contributed by atoms with van der Waals surface area (Å²) in [6.45, 7) is 17.9. The van der Waals surface area contributed by atoms with E-state index in [4.69, 9.17) is 18.9 Å². The van der Waals surface area contributed by atoms with Crippen molar-refractivity contribution in [1.82, 2.24) is 40.5 Å². The lowest BCUT2D eigenvalue weighted by Gasteiger charge is -2.46. The van der Waals surface area contributed by atoms with Crippen molar-refractivity contribution in [3.63, 3.8) is 0 Å². The second kappa shape index (κ2) is 12.2. The Morgan fingerprint density at radius 2 is 0.857 bits per heavy atom. The molecular weight excluding hydrogens is 540 g/mol. The SMILES string of the molecule is COc1nc(NC2CC(C)(C)NC(C)(C)C2)nc(OCCOc2nc(NC3CC(C)(C)NC(C)(C)C3)nc(OC)n2)n1. The highest BCUT2D eigenvalue weighted by molar-refractivity contribution is 5.31. The smallest absolute Gasteiger partial charge is 0.324 e.